The van der Waals surface area contributed by atoms with Crippen LogP contribution in [0.5, 0.6) is 5.75 Å². The maximum absolute atomic E-state index is 13.9. The van der Waals surface area contributed by atoms with Gasteiger partial charge >= 0.3 is 0 Å². The van der Waals surface area contributed by atoms with E-state index in [1.807, 2.05) is 22.6 Å². The predicted molar refractivity (Wildman–Crippen MR) is 129 cm³/mol. The molecular weight excluding hydrogens is 414 g/mol. The predicted octanol–water partition coefficient (Wildman–Crippen LogP) is 3.58. The number of ether oxygens (including phenoxy) is 1. The van der Waals surface area contributed by atoms with Crippen molar-refractivity contribution in [3.63, 3.8) is 0 Å². The average Bonchev–Trinajstić information content (AvgIpc) is 2.85. The van der Waals surface area contributed by atoms with Crippen molar-refractivity contribution in [3.05, 3.63) is 51.8 Å². The number of carbonyl (C=O) groups is 1. The zero-order valence-corrected chi connectivity index (χ0v) is 19.6. The largest absolute Gasteiger partial charge is 0.497 e. The Labute approximate surface area is 194 Å². The third-order valence-electron chi connectivity index (χ3n) is 8.55. The van der Waals surface area contributed by atoms with Gasteiger partial charge in [0, 0.05) is 43.8 Å². The number of aryl methyl sites for hydroxylation is 1. The first kappa shape index (κ1) is 21.0. The van der Waals surface area contributed by atoms with Crippen molar-refractivity contribution in [2.45, 2.75) is 50.6 Å². The van der Waals surface area contributed by atoms with E-state index in [0.717, 1.165) is 31.4 Å². The molecule has 0 N–H and O–H groups in total. The molecule has 1 aromatic carbocycles. The van der Waals surface area contributed by atoms with Crippen molar-refractivity contribution in [2.75, 3.05) is 26.7 Å². The molecule has 4 heterocycles. The Morgan fingerprint density at radius 2 is 2.03 bits per heavy atom. The lowest BCUT2D eigenvalue weighted by molar-refractivity contribution is 0.00142. The quantitative estimate of drug-likeness (QED) is 0.661. The average molecular weight is 448 g/mol. The van der Waals surface area contributed by atoms with E-state index in [9.17, 15) is 9.59 Å². The highest BCUT2D eigenvalue weighted by Crippen LogP contribution is 2.45. The van der Waals surface area contributed by atoms with Crippen LogP contribution in [0, 0.1) is 11.8 Å². The van der Waals surface area contributed by atoms with E-state index in [1.165, 1.54) is 37.8 Å². The number of aromatic nitrogens is 1. The summed E-state index contributed by atoms with van der Waals surface area (Å²) in [7, 11) is 3.51. The van der Waals surface area contributed by atoms with Crippen LogP contribution in [0.3, 0.4) is 0 Å². The van der Waals surface area contributed by atoms with Gasteiger partial charge in [0.25, 0.3) is 5.91 Å². The van der Waals surface area contributed by atoms with Crippen LogP contribution in [0.4, 0.5) is 0 Å². The summed E-state index contributed by atoms with van der Waals surface area (Å²) in [5.41, 5.74) is 2.33. The lowest BCUT2D eigenvalue weighted by atomic mass is 9.68. The summed E-state index contributed by atoms with van der Waals surface area (Å²) >= 11 is 0. The van der Waals surface area contributed by atoms with Gasteiger partial charge in [-0.15, -0.1) is 0 Å². The molecule has 2 bridgehead atoms. The fourth-order valence-corrected chi connectivity index (χ4v) is 7.10. The molecule has 4 aliphatic rings. The number of fused-ring (bicyclic) bond motifs is 7. The summed E-state index contributed by atoms with van der Waals surface area (Å²) in [6.07, 6.45) is 11.4. The second kappa shape index (κ2) is 8.01. The third kappa shape index (κ3) is 3.33. The van der Waals surface area contributed by atoms with Crippen molar-refractivity contribution in [1.29, 1.82) is 0 Å². The van der Waals surface area contributed by atoms with Gasteiger partial charge in [-0.1, -0.05) is 18.1 Å². The van der Waals surface area contributed by atoms with Crippen molar-refractivity contribution in [2.24, 2.45) is 18.9 Å². The monoisotopic (exact) mass is 447 g/mol. The van der Waals surface area contributed by atoms with Gasteiger partial charge < -0.3 is 14.2 Å². The number of rotatable bonds is 2. The molecule has 6 nitrogen and oxygen atoms in total. The molecule has 1 amide bonds. The van der Waals surface area contributed by atoms with Crippen LogP contribution in [-0.4, -0.2) is 59.1 Å². The van der Waals surface area contributed by atoms with Crippen LogP contribution < -0.4 is 10.2 Å². The normalized spacial score (nSPS) is 29.3. The van der Waals surface area contributed by atoms with Gasteiger partial charge in [-0.3, -0.25) is 14.5 Å². The highest BCUT2D eigenvalue weighted by Gasteiger charge is 2.47. The third-order valence-corrected chi connectivity index (χ3v) is 8.55. The number of hydrogen-bond acceptors (Lipinski definition) is 4. The molecule has 3 saturated heterocycles. The summed E-state index contributed by atoms with van der Waals surface area (Å²) < 4.78 is 7.20. The first-order valence-corrected chi connectivity index (χ1v) is 12.5. The van der Waals surface area contributed by atoms with Crippen LogP contribution in [0.25, 0.3) is 10.9 Å². The fourth-order valence-electron chi connectivity index (χ4n) is 7.10. The van der Waals surface area contributed by atoms with Crippen LogP contribution in [0.1, 0.15) is 48.9 Å². The van der Waals surface area contributed by atoms with Gasteiger partial charge in [-0.25, -0.2) is 0 Å². The number of piperidine rings is 3. The summed E-state index contributed by atoms with van der Waals surface area (Å²) in [4.78, 5) is 32.0. The maximum Gasteiger partial charge on any atom is 0.259 e. The standard InChI is InChI=1S/C27H33N3O3/c1-28-16-22(26(31)21-9-8-20(33-2)14-24(21)28)27(32)30-11-5-6-17-12-18-13-19(25(17)30)15-29-10-4-3-7-23(18)29/h8-9,12,14,16,18-19,23,25H,3-7,10-11,13,15H2,1-2H3/t18-,19-,23?,25?/m0/s1. The Bertz CT molecular complexity index is 1200. The Morgan fingerprint density at radius 3 is 2.88 bits per heavy atom. The molecule has 6 rings (SSSR count). The second-order valence-electron chi connectivity index (χ2n) is 10.4. The van der Waals surface area contributed by atoms with E-state index in [-0.39, 0.29) is 22.9 Å². The van der Waals surface area contributed by atoms with Gasteiger partial charge in [0.05, 0.1) is 18.7 Å². The molecule has 174 valence electrons. The molecule has 3 fully saturated rings. The van der Waals surface area contributed by atoms with E-state index in [1.54, 1.807) is 25.4 Å². The van der Waals surface area contributed by atoms with E-state index >= 15 is 0 Å². The Kier molecular flexibility index (Phi) is 5.09. The molecule has 1 aliphatic carbocycles. The second-order valence-corrected chi connectivity index (χ2v) is 10.4. The molecule has 6 heteroatoms. The molecule has 4 atom stereocenters. The van der Waals surface area contributed by atoms with Crippen LogP contribution >= 0.6 is 0 Å². The fraction of sp³-hybridized carbons (Fsp3) is 0.556. The topological polar surface area (TPSA) is 54.8 Å². The van der Waals surface area contributed by atoms with Crippen molar-refractivity contribution < 1.29 is 9.53 Å². The Morgan fingerprint density at radius 1 is 1.15 bits per heavy atom. The van der Waals surface area contributed by atoms with Crippen LogP contribution in [0.15, 0.2) is 40.8 Å². The van der Waals surface area contributed by atoms with Gasteiger partial charge in [0.2, 0.25) is 5.43 Å². The van der Waals surface area contributed by atoms with Gasteiger partial charge in [0.1, 0.15) is 11.3 Å². The number of benzene rings is 1. The summed E-state index contributed by atoms with van der Waals surface area (Å²) in [6.45, 7) is 3.01. The number of nitrogens with zero attached hydrogens (tertiary/aromatic N) is 3. The molecule has 33 heavy (non-hydrogen) atoms. The Hall–Kier alpha value is -2.60. The van der Waals surface area contributed by atoms with Crippen molar-refractivity contribution in [3.8, 4) is 5.75 Å². The molecule has 2 aromatic rings. The molecule has 0 spiro atoms. The number of pyridine rings is 1. The summed E-state index contributed by atoms with van der Waals surface area (Å²) in [5.74, 6) is 1.70. The number of likely N-dealkylation sites (tertiary alicyclic amines) is 1. The van der Waals surface area contributed by atoms with E-state index in [0.29, 0.717) is 29.0 Å². The zero-order valence-electron chi connectivity index (χ0n) is 19.6. The highest BCUT2D eigenvalue weighted by atomic mass is 16.5. The van der Waals surface area contributed by atoms with E-state index in [4.69, 9.17) is 4.74 Å². The lowest BCUT2D eigenvalue weighted by Gasteiger charge is -2.54. The molecule has 0 radical (unpaired) electrons. The first-order chi connectivity index (χ1) is 16.0. The summed E-state index contributed by atoms with van der Waals surface area (Å²) in [5, 5.41) is 0.564. The van der Waals surface area contributed by atoms with Crippen LogP contribution in [0.2, 0.25) is 0 Å². The SMILES string of the molecule is COc1ccc2c(=O)c(C(=O)N3CCCC4=C[C@H]5C[C@@H](CN6CCCCC56)C43)cn(C)c2c1. The van der Waals surface area contributed by atoms with E-state index < -0.39 is 0 Å². The number of amides is 1. The van der Waals surface area contributed by atoms with Crippen molar-refractivity contribution >= 4 is 16.8 Å². The Balaban J connectivity index is 1.37. The number of carbonyl (C=O) groups excluding carboxylic acids is 1. The van der Waals surface area contributed by atoms with Gasteiger partial charge in [0.15, 0.2) is 0 Å². The lowest BCUT2D eigenvalue weighted by Crippen LogP contribution is -2.60. The molecule has 3 aliphatic heterocycles. The number of hydrogen-bond donors (Lipinski definition) is 0. The maximum atomic E-state index is 13.9. The first-order valence-electron chi connectivity index (χ1n) is 12.5. The summed E-state index contributed by atoms with van der Waals surface area (Å²) in [6, 6.07) is 6.25. The molecule has 2 unspecified atom stereocenters. The number of methoxy groups -OCH3 is 1. The smallest absolute Gasteiger partial charge is 0.259 e. The van der Waals surface area contributed by atoms with Gasteiger partial charge in [-0.2, -0.15) is 0 Å². The highest BCUT2D eigenvalue weighted by molar-refractivity contribution is 5.98. The van der Waals surface area contributed by atoms with E-state index in [2.05, 4.69) is 11.0 Å². The molecular formula is C27H33N3O3. The van der Waals surface area contributed by atoms with Crippen LogP contribution in [-0.2, 0) is 7.05 Å². The van der Waals surface area contributed by atoms with Gasteiger partial charge in [-0.05, 0) is 62.6 Å². The minimum Gasteiger partial charge on any atom is -0.497 e. The molecule has 1 aromatic heterocycles. The minimum atomic E-state index is -0.180. The zero-order chi connectivity index (χ0) is 22.7. The molecule has 0 saturated carbocycles. The van der Waals surface area contributed by atoms with Crippen molar-refractivity contribution in [1.82, 2.24) is 14.4 Å². The minimum absolute atomic E-state index is 0.108.